The molecule has 0 unspecified atom stereocenters. The molecule has 0 aliphatic heterocycles. The van der Waals surface area contributed by atoms with E-state index >= 15 is 0 Å². The molecule has 1 amide bonds. The molecule has 1 aromatic carbocycles. The fraction of sp³-hybridized carbons (Fsp3) is 0.500. The lowest BCUT2D eigenvalue weighted by Gasteiger charge is -2.28. The van der Waals surface area contributed by atoms with Crippen LogP contribution in [0.25, 0.3) is 11.5 Å². The molecule has 154 valence electrons. The van der Waals surface area contributed by atoms with Crippen LogP contribution >= 0.6 is 0 Å². The van der Waals surface area contributed by atoms with E-state index in [0.717, 1.165) is 43.5 Å². The van der Waals surface area contributed by atoms with Gasteiger partial charge in [0.2, 0.25) is 11.8 Å². The molecule has 4 rings (SSSR count). The van der Waals surface area contributed by atoms with Crippen molar-refractivity contribution in [2.75, 3.05) is 13.7 Å². The van der Waals surface area contributed by atoms with Crippen LogP contribution in [-0.2, 0) is 16.1 Å². The van der Waals surface area contributed by atoms with E-state index in [1.807, 2.05) is 0 Å². The van der Waals surface area contributed by atoms with E-state index in [2.05, 4.69) is 15.6 Å². The monoisotopic (exact) mass is 397 g/mol. The third kappa shape index (κ3) is 4.50. The van der Waals surface area contributed by atoms with Crippen LogP contribution in [0.15, 0.2) is 34.9 Å². The van der Waals surface area contributed by atoms with Crippen molar-refractivity contribution in [2.24, 2.45) is 5.92 Å². The summed E-state index contributed by atoms with van der Waals surface area (Å²) in [6.45, 7) is 1.26. The minimum Gasteiger partial charge on any atom is -0.465 e. The lowest BCUT2D eigenvalue weighted by Crippen LogP contribution is -2.55. The molecular formula is C22H27N3O4. The van der Waals surface area contributed by atoms with Gasteiger partial charge in [0.25, 0.3) is 0 Å². The summed E-state index contributed by atoms with van der Waals surface area (Å²) < 4.78 is 10.3. The van der Waals surface area contributed by atoms with Crippen molar-refractivity contribution in [3.63, 3.8) is 0 Å². The summed E-state index contributed by atoms with van der Waals surface area (Å²) >= 11 is 0. The first kappa shape index (κ1) is 19.6. The molecule has 2 aliphatic rings. The average molecular weight is 397 g/mol. The van der Waals surface area contributed by atoms with E-state index in [-0.39, 0.29) is 11.9 Å². The number of benzene rings is 1. The number of esters is 1. The molecule has 0 bridgehead atoms. The molecule has 0 radical (unpaired) electrons. The highest BCUT2D eigenvalue weighted by Crippen LogP contribution is 2.32. The molecule has 2 saturated carbocycles. The quantitative estimate of drug-likeness (QED) is 0.665. The molecule has 2 fully saturated rings. The van der Waals surface area contributed by atoms with Gasteiger partial charge in [0.15, 0.2) is 0 Å². The standard InChI is InChI=1S/C22H27N3O4/c1-28-20(26)17-8-6-16(7-9-17)19-25-18(14-29-19)13-24-22(10-2-3-11-22)21(27)23-12-15-4-5-15/h6-9,14-15,24H,2-5,10-13H2,1H3,(H,23,27). The van der Waals surface area contributed by atoms with Crippen molar-refractivity contribution in [1.82, 2.24) is 15.6 Å². The predicted octanol–water partition coefficient (Wildman–Crippen LogP) is 3.06. The molecule has 7 heteroatoms. The number of hydrogen-bond donors (Lipinski definition) is 2. The van der Waals surface area contributed by atoms with Gasteiger partial charge < -0.3 is 14.5 Å². The summed E-state index contributed by atoms with van der Waals surface area (Å²) in [7, 11) is 1.35. The van der Waals surface area contributed by atoms with Crippen molar-refractivity contribution < 1.29 is 18.7 Å². The second-order valence-corrected chi connectivity index (χ2v) is 8.01. The van der Waals surface area contributed by atoms with Crippen LogP contribution < -0.4 is 10.6 Å². The number of carbonyl (C=O) groups excluding carboxylic acids is 2. The number of amides is 1. The second kappa shape index (κ2) is 8.37. The van der Waals surface area contributed by atoms with E-state index in [1.54, 1.807) is 30.5 Å². The summed E-state index contributed by atoms with van der Waals surface area (Å²) in [5.41, 5.74) is 1.50. The third-order valence-corrected chi connectivity index (χ3v) is 5.85. The van der Waals surface area contributed by atoms with Gasteiger partial charge in [-0.25, -0.2) is 9.78 Å². The number of rotatable bonds is 8. The number of nitrogens with one attached hydrogen (secondary N) is 2. The average Bonchev–Trinajstić information content (AvgIpc) is 3.25. The van der Waals surface area contributed by atoms with Crippen molar-refractivity contribution >= 4 is 11.9 Å². The minimum absolute atomic E-state index is 0.115. The molecule has 2 aliphatic carbocycles. The Kier molecular flexibility index (Phi) is 5.67. The summed E-state index contributed by atoms with van der Waals surface area (Å²) in [5, 5.41) is 6.59. The zero-order valence-electron chi connectivity index (χ0n) is 16.7. The van der Waals surface area contributed by atoms with E-state index in [1.165, 1.54) is 20.0 Å². The fourth-order valence-electron chi connectivity index (χ4n) is 3.84. The van der Waals surface area contributed by atoms with Gasteiger partial charge in [0.05, 0.1) is 23.9 Å². The van der Waals surface area contributed by atoms with Crippen molar-refractivity contribution in [2.45, 2.75) is 50.6 Å². The van der Waals surface area contributed by atoms with Crippen LogP contribution in [0.5, 0.6) is 0 Å². The Balaban J connectivity index is 1.38. The largest absolute Gasteiger partial charge is 0.465 e. The van der Waals surface area contributed by atoms with Gasteiger partial charge >= 0.3 is 5.97 Å². The van der Waals surface area contributed by atoms with Crippen LogP contribution in [0.4, 0.5) is 0 Å². The van der Waals surface area contributed by atoms with Gasteiger partial charge in [-0.05, 0) is 55.9 Å². The van der Waals surface area contributed by atoms with Crippen LogP contribution in [-0.4, -0.2) is 36.1 Å². The Morgan fingerprint density at radius 3 is 2.59 bits per heavy atom. The first-order valence-electron chi connectivity index (χ1n) is 10.3. The summed E-state index contributed by atoms with van der Waals surface area (Å²) in [6.07, 6.45) is 7.88. The van der Waals surface area contributed by atoms with Gasteiger partial charge in [-0.1, -0.05) is 12.8 Å². The zero-order valence-corrected chi connectivity index (χ0v) is 16.7. The van der Waals surface area contributed by atoms with Gasteiger partial charge in [-0.2, -0.15) is 0 Å². The molecule has 2 aromatic rings. The topological polar surface area (TPSA) is 93.5 Å². The van der Waals surface area contributed by atoms with E-state index in [4.69, 9.17) is 9.15 Å². The molecule has 2 N–H and O–H groups in total. The van der Waals surface area contributed by atoms with Gasteiger partial charge in [0.1, 0.15) is 6.26 Å². The van der Waals surface area contributed by atoms with Crippen molar-refractivity contribution in [3.8, 4) is 11.5 Å². The van der Waals surface area contributed by atoms with E-state index in [9.17, 15) is 9.59 Å². The molecule has 29 heavy (non-hydrogen) atoms. The lowest BCUT2D eigenvalue weighted by molar-refractivity contribution is -0.127. The lowest BCUT2D eigenvalue weighted by atomic mass is 9.96. The van der Waals surface area contributed by atoms with Gasteiger partial charge in [-0.15, -0.1) is 0 Å². The Morgan fingerprint density at radius 2 is 1.93 bits per heavy atom. The van der Waals surface area contributed by atoms with Crippen molar-refractivity contribution in [1.29, 1.82) is 0 Å². The molecule has 0 spiro atoms. The van der Waals surface area contributed by atoms with E-state index < -0.39 is 5.54 Å². The van der Waals surface area contributed by atoms with Gasteiger partial charge in [0, 0.05) is 18.7 Å². The summed E-state index contributed by atoms with van der Waals surface area (Å²) in [4.78, 5) is 28.9. The van der Waals surface area contributed by atoms with Crippen LogP contribution in [0.2, 0.25) is 0 Å². The maximum Gasteiger partial charge on any atom is 0.337 e. The van der Waals surface area contributed by atoms with Crippen LogP contribution in [0.1, 0.15) is 54.6 Å². The Morgan fingerprint density at radius 1 is 1.21 bits per heavy atom. The number of ether oxygens (including phenoxy) is 1. The SMILES string of the molecule is COC(=O)c1ccc(-c2nc(CNC3(C(=O)NCC4CC4)CCCC3)co2)cc1. The summed E-state index contributed by atoms with van der Waals surface area (Å²) in [5.74, 6) is 0.887. The maximum atomic E-state index is 12.8. The molecule has 0 saturated heterocycles. The van der Waals surface area contributed by atoms with Crippen LogP contribution in [0, 0.1) is 5.92 Å². The van der Waals surface area contributed by atoms with Gasteiger partial charge in [-0.3, -0.25) is 10.1 Å². The normalized spacial score (nSPS) is 17.8. The van der Waals surface area contributed by atoms with E-state index in [0.29, 0.717) is 23.9 Å². The Labute approximate surface area is 170 Å². The number of hydrogen-bond acceptors (Lipinski definition) is 6. The molecule has 0 atom stereocenters. The molecule has 1 heterocycles. The molecule has 1 aromatic heterocycles. The number of methoxy groups -OCH3 is 1. The fourth-order valence-corrected chi connectivity index (χ4v) is 3.84. The first-order chi connectivity index (χ1) is 14.1. The second-order valence-electron chi connectivity index (χ2n) is 8.01. The Bertz CT molecular complexity index is 864. The smallest absolute Gasteiger partial charge is 0.337 e. The first-order valence-corrected chi connectivity index (χ1v) is 10.3. The number of aromatic nitrogens is 1. The maximum absolute atomic E-state index is 12.8. The number of nitrogens with zero attached hydrogens (tertiary/aromatic N) is 1. The van der Waals surface area contributed by atoms with Crippen LogP contribution in [0.3, 0.4) is 0 Å². The number of oxazole rings is 1. The predicted molar refractivity (Wildman–Crippen MR) is 107 cm³/mol. The molecule has 7 nitrogen and oxygen atoms in total. The highest BCUT2D eigenvalue weighted by atomic mass is 16.5. The zero-order chi connectivity index (χ0) is 20.3. The Hall–Kier alpha value is -2.67. The highest BCUT2D eigenvalue weighted by Gasteiger charge is 2.41. The number of carbonyl (C=O) groups is 2. The summed E-state index contributed by atoms with van der Waals surface area (Å²) in [6, 6.07) is 6.92. The minimum atomic E-state index is -0.504. The molecular weight excluding hydrogens is 370 g/mol. The highest BCUT2D eigenvalue weighted by molar-refractivity contribution is 5.89. The van der Waals surface area contributed by atoms with Crippen molar-refractivity contribution in [3.05, 3.63) is 41.8 Å². The third-order valence-electron chi connectivity index (χ3n) is 5.85.